The number of halogens is 1. The highest BCUT2D eigenvalue weighted by atomic mass is 19.1. The summed E-state index contributed by atoms with van der Waals surface area (Å²) in [6, 6.07) is 7.18. The largest absolute Gasteiger partial charge is 0.486 e. The van der Waals surface area contributed by atoms with Gasteiger partial charge in [0, 0.05) is 12.6 Å². The number of hydrogen-bond donors (Lipinski definition) is 1. The Balaban J connectivity index is 1.76. The molecule has 1 unspecified atom stereocenters. The maximum Gasteiger partial charge on any atom is 0.165 e. The maximum atomic E-state index is 13.3. The minimum Gasteiger partial charge on any atom is -0.486 e. The van der Waals surface area contributed by atoms with Crippen LogP contribution in [0.4, 0.5) is 4.39 Å². The second-order valence-corrected chi connectivity index (χ2v) is 4.75. The number of para-hydroxylation sites is 1. The van der Waals surface area contributed by atoms with E-state index in [1.807, 2.05) is 6.92 Å². The average Bonchev–Trinajstić information content (AvgIpc) is 2.82. The predicted octanol–water partition coefficient (Wildman–Crippen LogP) is 3.13. The highest BCUT2D eigenvalue weighted by Crippen LogP contribution is 2.19. The van der Waals surface area contributed by atoms with Crippen LogP contribution in [-0.2, 0) is 0 Å². The van der Waals surface area contributed by atoms with Crippen molar-refractivity contribution in [1.82, 2.24) is 5.32 Å². The fourth-order valence-corrected chi connectivity index (χ4v) is 2.26. The van der Waals surface area contributed by atoms with Gasteiger partial charge in [-0.2, -0.15) is 0 Å². The van der Waals surface area contributed by atoms with E-state index in [0.29, 0.717) is 11.8 Å². The van der Waals surface area contributed by atoms with Gasteiger partial charge in [0.2, 0.25) is 0 Å². The zero-order valence-electron chi connectivity index (χ0n) is 10.3. The van der Waals surface area contributed by atoms with Gasteiger partial charge in [-0.3, -0.25) is 0 Å². The van der Waals surface area contributed by atoms with Gasteiger partial charge in [-0.05, 0) is 31.9 Å². The minimum atomic E-state index is -0.291. The van der Waals surface area contributed by atoms with Crippen LogP contribution in [0.5, 0.6) is 5.75 Å². The molecular weight excluding hydrogens is 217 g/mol. The second-order valence-electron chi connectivity index (χ2n) is 4.75. The van der Waals surface area contributed by atoms with Crippen molar-refractivity contribution in [2.75, 3.05) is 6.54 Å². The zero-order valence-corrected chi connectivity index (χ0v) is 10.3. The van der Waals surface area contributed by atoms with Crippen LogP contribution in [0.2, 0.25) is 0 Å². The Morgan fingerprint density at radius 1 is 1.35 bits per heavy atom. The Kier molecular flexibility index (Phi) is 4.37. The van der Waals surface area contributed by atoms with Crippen molar-refractivity contribution in [3.8, 4) is 5.75 Å². The van der Waals surface area contributed by atoms with Gasteiger partial charge < -0.3 is 10.1 Å². The molecule has 1 aliphatic carbocycles. The summed E-state index contributed by atoms with van der Waals surface area (Å²) in [7, 11) is 0. The summed E-state index contributed by atoms with van der Waals surface area (Å²) in [5, 5.41) is 3.47. The quantitative estimate of drug-likeness (QED) is 0.849. The lowest BCUT2D eigenvalue weighted by atomic mass is 10.2. The topological polar surface area (TPSA) is 21.3 Å². The first kappa shape index (κ1) is 12.4. The third kappa shape index (κ3) is 3.70. The summed E-state index contributed by atoms with van der Waals surface area (Å²) >= 11 is 0. The lowest BCUT2D eigenvalue weighted by Gasteiger charge is -2.18. The van der Waals surface area contributed by atoms with Gasteiger partial charge >= 0.3 is 0 Å². The molecule has 2 nitrogen and oxygen atoms in total. The van der Waals surface area contributed by atoms with Gasteiger partial charge in [0.05, 0.1) is 0 Å². The third-order valence-corrected chi connectivity index (χ3v) is 3.21. The smallest absolute Gasteiger partial charge is 0.165 e. The maximum absolute atomic E-state index is 13.3. The summed E-state index contributed by atoms with van der Waals surface area (Å²) in [6.07, 6.45) is 5.15. The first-order chi connectivity index (χ1) is 8.25. The molecule has 1 atom stereocenters. The Morgan fingerprint density at radius 2 is 2.06 bits per heavy atom. The highest BCUT2D eigenvalue weighted by molar-refractivity contribution is 5.23. The molecule has 0 aliphatic heterocycles. The Morgan fingerprint density at radius 3 is 2.76 bits per heavy atom. The molecule has 0 radical (unpaired) electrons. The van der Waals surface area contributed by atoms with Crippen LogP contribution in [0.3, 0.4) is 0 Å². The van der Waals surface area contributed by atoms with Crippen molar-refractivity contribution in [2.24, 2.45) is 0 Å². The SMILES string of the molecule is CC(CNC1CCCC1)Oc1ccccc1F. The van der Waals surface area contributed by atoms with Gasteiger partial charge in [-0.15, -0.1) is 0 Å². The van der Waals surface area contributed by atoms with Crippen molar-refractivity contribution < 1.29 is 9.13 Å². The van der Waals surface area contributed by atoms with E-state index in [9.17, 15) is 4.39 Å². The third-order valence-electron chi connectivity index (χ3n) is 3.21. The molecule has 17 heavy (non-hydrogen) atoms. The molecular formula is C14H20FNO. The summed E-state index contributed by atoms with van der Waals surface area (Å²) in [5.41, 5.74) is 0. The van der Waals surface area contributed by atoms with E-state index in [1.54, 1.807) is 18.2 Å². The molecule has 3 heteroatoms. The first-order valence-electron chi connectivity index (χ1n) is 6.40. The average molecular weight is 237 g/mol. The number of benzene rings is 1. The lowest BCUT2D eigenvalue weighted by Crippen LogP contribution is -2.35. The van der Waals surface area contributed by atoms with Crippen molar-refractivity contribution in [3.05, 3.63) is 30.1 Å². The van der Waals surface area contributed by atoms with Crippen molar-refractivity contribution in [1.29, 1.82) is 0 Å². The molecule has 1 aromatic rings. The Hall–Kier alpha value is -1.09. The summed E-state index contributed by atoms with van der Waals surface area (Å²) in [5.74, 6) is 0.0495. The molecule has 94 valence electrons. The Labute approximate surface area is 102 Å². The number of ether oxygens (including phenoxy) is 1. The van der Waals surface area contributed by atoms with Crippen LogP contribution in [0.15, 0.2) is 24.3 Å². The molecule has 0 aromatic heterocycles. The van der Waals surface area contributed by atoms with Gasteiger partial charge in [0.25, 0.3) is 0 Å². The van der Waals surface area contributed by atoms with E-state index in [-0.39, 0.29) is 11.9 Å². The van der Waals surface area contributed by atoms with Crippen LogP contribution in [-0.4, -0.2) is 18.7 Å². The minimum absolute atomic E-state index is 0.00694. The number of rotatable bonds is 5. The van der Waals surface area contributed by atoms with Gasteiger partial charge in [0.1, 0.15) is 6.10 Å². The molecule has 1 aliphatic rings. The van der Waals surface area contributed by atoms with Crippen LogP contribution in [0, 0.1) is 5.82 Å². The molecule has 0 bridgehead atoms. The normalized spacial score (nSPS) is 18.2. The highest BCUT2D eigenvalue weighted by Gasteiger charge is 2.15. The number of nitrogens with one attached hydrogen (secondary N) is 1. The second kappa shape index (κ2) is 6.01. The van der Waals surface area contributed by atoms with E-state index >= 15 is 0 Å². The molecule has 2 rings (SSSR count). The summed E-state index contributed by atoms with van der Waals surface area (Å²) in [6.45, 7) is 2.74. The fraction of sp³-hybridized carbons (Fsp3) is 0.571. The van der Waals surface area contributed by atoms with E-state index in [2.05, 4.69) is 5.32 Å². The van der Waals surface area contributed by atoms with Crippen molar-refractivity contribution in [3.63, 3.8) is 0 Å². The standard InChI is InChI=1S/C14H20FNO/c1-11(10-16-12-6-2-3-7-12)17-14-9-5-4-8-13(14)15/h4-5,8-9,11-12,16H,2-3,6-7,10H2,1H3. The monoisotopic (exact) mass is 237 g/mol. The lowest BCUT2D eigenvalue weighted by molar-refractivity contribution is 0.202. The van der Waals surface area contributed by atoms with E-state index in [1.165, 1.54) is 31.7 Å². The molecule has 0 amide bonds. The van der Waals surface area contributed by atoms with Crippen LogP contribution in [0.25, 0.3) is 0 Å². The molecule has 0 heterocycles. The summed E-state index contributed by atoms with van der Waals surface area (Å²) in [4.78, 5) is 0. The number of hydrogen-bond acceptors (Lipinski definition) is 2. The van der Waals surface area contributed by atoms with Crippen molar-refractivity contribution in [2.45, 2.75) is 44.8 Å². The molecule has 1 saturated carbocycles. The van der Waals surface area contributed by atoms with E-state index in [4.69, 9.17) is 4.74 Å². The molecule has 1 N–H and O–H groups in total. The van der Waals surface area contributed by atoms with Gasteiger partial charge in [0.15, 0.2) is 11.6 Å². The molecule has 0 saturated heterocycles. The van der Waals surface area contributed by atoms with Crippen LogP contribution >= 0.6 is 0 Å². The molecule has 1 fully saturated rings. The molecule has 1 aromatic carbocycles. The van der Waals surface area contributed by atoms with E-state index < -0.39 is 0 Å². The predicted molar refractivity (Wildman–Crippen MR) is 66.7 cm³/mol. The summed E-state index contributed by atoms with van der Waals surface area (Å²) < 4.78 is 18.9. The first-order valence-corrected chi connectivity index (χ1v) is 6.40. The van der Waals surface area contributed by atoms with Crippen LogP contribution in [0.1, 0.15) is 32.6 Å². The Bertz CT molecular complexity index is 350. The van der Waals surface area contributed by atoms with Gasteiger partial charge in [-0.25, -0.2) is 4.39 Å². The van der Waals surface area contributed by atoms with Crippen LogP contribution < -0.4 is 10.1 Å². The molecule has 0 spiro atoms. The van der Waals surface area contributed by atoms with Gasteiger partial charge in [-0.1, -0.05) is 25.0 Å². The van der Waals surface area contributed by atoms with Crippen molar-refractivity contribution >= 4 is 0 Å². The zero-order chi connectivity index (χ0) is 12.1. The fourth-order valence-electron chi connectivity index (χ4n) is 2.26. The van der Waals surface area contributed by atoms with E-state index in [0.717, 1.165) is 6.54 Å².